The van der Waals surface area contributed by atoms with Crippen molar-refractivity contribution < 1.29 is 13.3 Å². The summed E-state index contributed by atoms with van der Waals surface area (Å²) in [6.45, 7) is 0. The Morgan fingerprint density at radius 2 is 1.80 bits per heavy atom. The van der Waals surface area contributed by atoms with Gasteiger partial charge in [0.2, 0.25) is 23.5 Å². The molecule has 0 aliphatic rings. The van der Waals surface area contributed by atoms with Crippen LogP contribution in [0.1, 0.15) is 11.8 Å². The fraction of sp³-hybridized carbons (Fsp3) is 0.0588. The van der Waals surface area contributed by atoms with E-state index >= 15 is 0 Å². The van der Waals surface area contributed by atoms with Gasteiger partial charge in [-0.2, -0.15) is 4.98 Å². The summed E-state index contributed by atoms with van der Waals surface area (Å²) in [5, 5.41) is 12.4. The van der Waals surface area contributed by atoms with E-state index in [0.717, 1.165) is 5.56 Å². The molecule has 8 heteroatoms. The first-order valence-corrected chi connectivity index (χ1v) is 7.72. The van der Waals surface area contributed by atoms with Crippen molar-refractivity contribution in [1.29, 1.82) is 0 Å². The summed E-state index contributed by atoms with van der Waals surface area (Å²) in [6.07, 6.45) is 0.176. The molecular weight excluding hydrogens is 347 g/mol. The maximum absolute atomic E-state index is 13.3. The van der Waals surface area contributed by atoms with E-state index < -0.39 is 0 Å². The molecule has 0 atom stereocenters. The number of nitrogens with zero attached hydrogens (tertiary/aromatic N) is 4. The molecule has 25 heavy (non-hydrogen) atoms. The fourth-order valence-electron chi connectivity index (χ4n) is 2.26. The molecule has 0 spiro atoms. The number of aromatic nitrogens is 4. The number of halogens is 2. The molecule has 0 amide bonds. The van der Waals surface area contributed by atoms with Crippen LogP contribution in [0.3, 0.4) is 0 Å². The Morgan fingerprint density at radius 1 is 0.960 bits per heavy atom. The highest BCUT2D eigenvalue weighted by Crippen LogP contribution is 2.22. The molecule has 124 valence electrons. The van der Waals surface area contributed by atoms with Crippen molar-refractivity contribution in [3.05, 3.63) is 71.2 Å². The van der Waals surface area contributed by atoms with Gasteiger partial charge in [-0.25, -0.2) is 4.39 Å². The van der Waals surface area contributed by atoms with Gasteiger partial charge in [-0.15, -0.1) is 10.2 Å². The highest BCUT2D eigenvalue weighted by Gasteiger charge is 2.15. The zero-order chi connectivity index (χ0) is 17.2. The monoisotopic (exact) mass is 356 g/mol. The topological polar surface area (TPSA) is 77.8 Å². The Balaban J connectivity index is 1.54. The first-order chi connectivity index (χ1) is 12.2. The third-order valence-electron chi connectivity index (χ3n) is 3.39. The molecule has 0 aliphatic heterocycles. The molecule has 0 aliphatic carbocycles. The van der Waals surface area contributed by atoms with Gasteiger partial charge in [-0.1, -0.05) is 35.0 Å². The van der Waals surface area contributed by atoms with Crippen LogP contribution in [0.15, 0.2) is 57.5 Å². The largest absolute Gasteiger partial charge is 0.420 e. The van der Waals surface area contributed by atoms with E-state index in [1.807, 2.05) is 6.07 Å². The Hall–Kier alpha value is -3.06. The third-order valence-corrected chi connectivity index (χ3v) is 3.63. The average Bonchev–Trinajstić information content (AvgIpc) is 3.25. The van der Waals surface area contributed by atoms with Crippen LogP contribution in [0, 0.1) is 5.82 Å². The molecule has 2 heterocycles. The number of rotatable bonds is 4. The van der Waals surface area contributed by atoms with Crippen LogP contribution in [0.25, 0.3) is 22.8 Å². The Labute approximate surface area is 146 Å². The Bertz CT molecular complexity index is 949. The molecule has 0 unspecified atom stereocenters. The van der Waals surface area contributed by atoms with Crippen LogP contribution in [0.4, 0.5) is 4.39 Å². The average molecular weight is 357 g/mol. The van der Waals surface area contributed by atoms with Gasteiger partial charge in [0, 0.05) is 16.1 Å². The van der Waals surface area contributed by atoms with Crippen molar-refractivity contribution in [1.82, 2.24) is 20.3 Å². The SMILES string of the molecule is Fc1cccc(-c2noc(Cc3nnc(-c4cccc(Cl)c4)o3)n2)c1. The van der Waals surface area contributed by atoms with Gasteiger partial charge < -0.3 is 8.94 Å². The third kappa shape index (κ3) is 3.41. The van der Waals surface area contributed by atoms with Crippen LogP contribution in [-0.4, -0.2) is 20.3 Å². The van der Waals surface area contributed by atoms with Gasteiger partial charge in [0.15, 0.2) is 0 Å². The minimum atomic E-state index is -0.369. The fourth-order valence-corrected chi connectivity index (χ4v) is 2.45. The number of hydrogen-bond donors (Lipinski definition) is 0. The van der Waals surface area contributed by atoms with Gasteiger partial charge in [-0.3, -0.25) is 0 Å². The minimum absolute atomic E-state index is 0.176. The van der Waals surface area contributed by atoms with Crippen LogP contribution in [-0.2, 0) is 6.42 Å². The molecule has 2 aromatic heterocycles. The predicted molar refractivity (Wildman–Crippen MR) is 87.2 cm³/mol. The van der Waals surface area contributed by atoms with Crippen molar-refractivity contribution >= 4 is 11.6 Å². The highest BCUT2D eigenvalue weighted by atomic mass is 35.5. The summed E-state index contributed by atoms with van der Waals surface area (Å²) in [6, 6.07) is 13.1. The van der Waals surface area contributed by atoms with E-state index in [1.165, 1.54) is 12.1 Å². The first-order valence-electron chi connectivity index (χ1n) is 7.34. The summed E-state index contributed by atoms with van der Waals surface area (Å²) < 4.78 is 24.0. The molecule has 0 saturated heterocycles. The van der Waals surface area contributed by atoms with E-state index in [2.05, 4.69) is 20.3 Å². The van der Waals surface area contributed by atoms with Gasteiger partial charge in [0.05, 0.1) is 0 Å². The predicted octanol–water partition coefficient (Wildman–Crippen LogP) is 4.17. The van der Waals surface area contributed by atoms with Gasteiger partial charge in [0.25, 0.3) is 0 Å². The smallest absolute Gasteiger partial charge is 0.247 e. The van der Waals surface area contributed by atoms with Gasteiger partial charge in [-0.05, 0) is 30.3 Å². The molecule has 0 bridgehead atoms. The van der Waals surface area contributed by atoms with Crippen LogP contribution >= 0.6 is 11.6 Å². The van der Waals surface area contributed by atoms with Crippen molar-refractivity contribution in [2.24, 2.45) is 0 Å². The summed E-state index contributed by atoms with van der Waals surface area (Å²) in [4.78, 5) is 4.22. The zero-order valence-corrected chi connectivity index (χ0v) is 13.4. The number of benzene rings is 2. The van der Waals surface area contributed by atoms with Crippen molar-refractivity contribution in [2.45, 2.75) is 6.42 Å². The normalized spacial score (nSPS) is 11.0. The molecule has 0 fully saturated rings. The minimum Gasteiger partial charge on any atom is -0.420 e. The second kappa shape index (κ2) is 6.45. The van der Waals surface area contributed by atoms with Crippen molar-refractivity contribution in [3.8, 4) is 22.8 Å². The quantitative estimate of drug-likeness (QED) is 0.546. The van der Waals surface area contributed by atoms with E-state index in [9.17, 15) is 4.39 Å². The van der Waals surface area contributed by atoms with E-state index in [1.54, 1.807) is 30.3 Å². The lowest BCUT2D eigenvalue weighted by molar-refractivity contribution is 0.374. The first kappa shape index (κ1) is 15.5. The second-order valence-corrected chi connectivity index (χ2v) is 5.65. The lowest BCUT2D eigenvalue weighted by Gasteiger charge is -1.94. The van der Waals surface area contributed by atoms with E-state index in [-0.39, 0.29) is 12.2 Å². The molecule has 0 N–H and O–H groups in total. The standard InChI is InChI=1S/C17H10ClFN4O2/c18-12-5-1-4-11(7-12)17-22-21-15(24-17)9-14-20-16(23-25-14)10-3-2-6-13(19)8-10/h1-8H,9H2. The van der Waals surface area contributed by atoms with E-state index in [0.29, 0.717) is 34.1 Å². The maximum atomic E-state index is 13.3. The maximum Gasteiger partial charge on any atom is 0.247 e. The van der Waals surface area contributed by atoms with Crippen molar-refractivity contribution in [2.75, 3.05) is 0 Å². The summed E-state index contributed by atoms with van der Waals surface area (Å²) >= 11 is 5.95. The number of hydrogen-bond acceptors (Lipinski definition) is 6. The van der Waals surface area contributed by atoms with Crippen LogP contribution in [0.2, 0.25) is 5.02 Å². The molecule has 4 rings (SSSR count). The van der Waals surface area contributed by atoms with Gasteiger partial charge in [0.1, 0.15) is 12.2 Å². The molecular formula is C17H10ClFN4O2. The molecule has 6 nitrogen and oxygen atoms in total. The molecule has 0 radical (unpaired) electrons. The lowest BCUT2D eigenvalue weighted by atomic mass is 10.2. The van der Waals surface area contributed by atoms with Crippen LogP contribution < -0.4 is 0 Å². The Kier molecular flexibility index (Phi) is 3.99. The highest BCUT2D eigenvalue weighted by molar-refractivity contribution is 6.30. The summed E-state index contributed by atoms with van der Waals surface area (Å²) in [5.74, 6) is 0.892. The van der Waals surface area contributed by atoms with Crippen molar-refractivity contribution in [3.63, 3.8) is 0 Å². The summed E-state index contributed by atoms with van der Waals surface area (Å²) in [5.41, 5.74) is 1.25. The molecule has 2 aromatic carbocycles. The molecule has 4 aromatic rings. The summed E-state index contributed by atoms with van der Waals surface area (Å²) in [7, 11) is 0. The molecule has 0 saturated carbocycles. The van der Waals surface area contributed by atoms with Gasteiger partial charge >= 0.3 is 0 Å². The van der Waals surface area contributed by atoms with Crippen LogP contribution in [0.5, 0.6) is 0 Å². The van der Waals surface area contributed by atoms with E-state index in [4.69, 9.17) is 20.5 Å². The lowest BCUT2D eigenvalue weighted by Crippen LogP contribution is -1.89. The second-order valence-electron chi connectivity index (χ2n) is 5.21. The Morgan fingerprint density at radius 3 is 2.64 bits per heavy atom. The zero-order valence-electron chi connectivity index (χ0n) is 12.7.